The minimum Gasteiger partial charge on any atom is -0.448 e. The largest absolute Gasteiger partial charge is 0.448 e. The van der Waals surface area contributed by atoms with Gasteiger partial charge in [0, 0.05) is 7.05 Å². The van der Waals surface area contributed by atoms with E-state index in [2.05, 4.69) is 10.3 Å². The lowest BCUT2D eigenvalue weighted by Crippen LogP contribution is -2.52. The Balaban J connectivity index is 2.12. The lowest BCUT2D eigenvalue weighted by Gasteiger charge is -2.36. The third-order valence-corrected chi connectivity index (χ3v) is 3.98. The highest BCUT2D eigenvalue weighted by molar-refractivity contribution is 8.00. The molecule has 0 radical (unpaired) electrons. The summed E-state index contributed by atoms with van der Waals surface area (Å²) in [6, 6.07) is -0.0995. The molecule has 86 valence electrons. The molecule has 7 heteroatoms. The van der Waals surface area contributed by atoms with Crippen molar-refractivity contribution in [3.8, 4) is 0 Å². The molecule has 0 amide bonds. The summed E-state index contributed by atoms with van der Waals surface area (Å²) in [5.41, 5.74) is -0.331. The molecule has 2 aliphatic heterocycles. The molecule has 1 saturated heterocycles. The lowest BCUT2D eigenvalue weighted by atomic mass is 10.0. The molecule has 0 unspecified atom stereocenters. The van der Waals surface area contributed by atoms with Gasteiger partial charge >= 0.3 is 0 Å². The van der Waals surface area contributed by atoms with Crippen LogP contribution in [0.15, 0.2) is 4.99 Å². The van der Waals surface area contributed by atoms with Crippen LogP contribution >= 0.6 is 11.8 Å². The first-order chi connectivity index (χ1) is 7.17. The van der Waals surface area contributed by atoms with Crippen LogP contribution in [0, 0.1) is 0 Å². The van der Waals surface area contributed by atoms with Gasteiger partial charge in [0.1, 0.15) is 12.1 Å². The summed E-state index contributed by atoms with van der Waals surface area (Å²) in [4.78, 5) is 4.10. The van der Waals surface area contributed by atoms with E-state index in [4.69, 9.17) is 9.84 Å². The Kier molecular flexibility index (Phi) is 3.06. The number of nitrogens with one attached hydrogen (secondary N) is 1. The molecule has 15 heavy (non-hydrogen) atoms. The van der Waals surface area contributed by atoms with Crippen molar-refractivity contribution >= 4 is 17.8 Å². The number of hydrogen-bond acceptors (Lipinski definition) is 7. The lowest BCUT2D eigenvalue weighted by molar-refractivity contribution is -0.0192. The Morgan fingerprint density at radius 3 is 2.80 bits per heavy atom. The number of rotatable bonds is 1. The number of fused-ring (bicyclic) bond motifs is 1. The van der Waals surface area contributed by atoms with Gasteiger partial charge in [-0.1, -0.05) is 0 Å². The van der Waals surface area contributed by atoms with E-state index >= 15 is 0 Å². The molecule has 0 saturated carbocycles. The maximum absolute atomic E-state index is 9.77. The van der Waals surface area contributed by atoms with Crippen molar-refractivity contribution in [3.05, 3.63) is 0 Å². The molecule has 0 aromatic heterocycles. The van der Waals surface area contributed by atoms with Gasteiger partial charge in [0.25, 0.3) is 6.02 Å². The third kappa shape index (κ3) is 1.80. The van der Waals surface area contributed by atoms with Gasteiger partial charge < -0.3 is 25.4 Å². The van der Waals surface area contributed by atoms with E-state index in [0.29, 0.717) is 6.02 Å². The minimum absolute atomic E-state index is 0.190. The van der Waals surface area contributed by atoms with Crippen molar-refractivity contribution in [3.63, 3.8) is 0 Å². The molecule has 1 fully saturated rings. The normalized spacial score (nSPS) is 44.3. The van der Waals surface area contributed by atoms with Crippen LogP contribution < -0.4 is 5.32 Å². The van der Waals surface area contributed by atoms with Gasteiger partial charge in [0.05, 0.1) is 18.0 Å². The van der Waals surface area contributed by atoms with E-state index in [0.717, 1.165) is 0 Å². The Bertz CT molecular complexity index is 275. The molecule has 2 heterocycles. The summed E-state index contributed by atoms with van der Waals surface area (Å²) in [5, 5.41) is 30.8. The summed E-state index contributed by atoms with van der Waals surface area (Å²) in [5.74, 6) is 0. The molecule has 0 spiro atoms. The molecular formula is C8H14N2O4S. The van der Waals surface area contributed by atoms with E-state index in [1.807, 2.05) is 0 Å². The third-order valence-electron chi connectivity index (χ3n) is 2.56. The predicted octanol–water partition coefficient (Wildman–Crippen LogP) is -1.88. The summed E-state index contributed by atoms with van der Waals surface area (Å²) >= 11 is 1.30. The first-order valence-corrected chi connectivity index (χ1v) is 5.66. The Morgan fingerprint density at radius 1 is 1.47 bits per heavy atom. The van der Waals surface area contributed by atoms with Gasteiger partial charge in [-0.2, -0.15) is 0 Å². The van der Waals surface area contributed by atoms with Crippen molar-refractivity contribution in [1.29, 1.82) is 0 Å². The maximum atomic E-state index is 9.77. The molecule has 0 aliphatic carbocycles. The van der Waals surface area contributed by atoms with Crippen molar-refractivity contribution in [1.82, 2.24) is 5.32 Å². The highest BCUT2D eigenvalue weighted by Gasteiger charge is 2.48. The minimum atomic E-state index is -0.987. The van der Waals surface area contributed by atoms with Crippen LogP contribution in [0.4, 0.5) is 0 Å². The monoisotopic (exact) mass is 234 g/mol. The zero-order valence-corrected chi connectivity index (χ0v) is 9.02. The van der Waals surface area contributed by atoms with Gasteiger partial charge in [0.15, 0.2) is 5.44 Å². The topological polar surface area (TPSA) is 94.3 Å². The molecule has 0 aromatic carbocycles. The number of nitrogens with zero attached hydrogens (tertiary/aromatic N) is 1. The number of hydrogen-bond donors (Lipinski definition) is 4. The number of ether oxygens (including phenoxy) is 1. The molecule has 4 N–H and O–H groups in total. The van der Waals surface area contributed by atoms with Crippen molar-refractivity contribution in [2.75, 3.05) is 13.7 Å². The number of aliphatic imine (C=N–C) groups is 1. The van der Waals surface area contributed by atoms with E-state index in [9.17, 15) is 10.2 Å². The molecular weight excluding hydrogens is 220 g/mol. The number of aliphatic hydroxyl groups is 3. The summed E-state index contributed by atoms with van der Waals surface area (Å²) in [7, 11) is 1.67. The van der Waals surface area contributed by atoms with E-state index in [1.54, 1.807) is 7.05 Å². The molecule has 0 aromatic rings. The molecule has 2 rings (SSSR count). The maximum Gasteiger partial charge on any atom is 0.286 e. The van der Waals surface area contributed by atoms with Crippen molar-refractivity contribution < 1.29 is 20.1 Å². The van der Waals surface area contributed by atoms with Gasteiger partial charge in [-0.15, -0.1) is 11.8 Å². The second kappa shape index (κ2) is 4.17. The number of aliphatic hydroxyl groups excluding tert-OH is 3. The van der Waals surface area contributed by atoms with Gasteiger partial charge in [-0.25, -0.2) is 4.99 Å². The van der Waals surface area contributed by atoms with E-state index in [-0.39, 0.29) is 12.0 Å². The first kappa shape index (κ1) is 11.0. The summed E-state index contributed by atoms with van der Waals surface area (Å²) < 4.78 is 5.38. The Hall–Kier alpha value is -0.500. The fraction of sp³-hybridized carbons (Fsp3) is 0.875. The highest BCUT2D eigenvalue weighted by Crippen LogP contribution is 2.37. The smallest absolute Gasteiger partial charge is 0.286 e. The number of thioether (sulfide) groups is 1. The van der Waals surface area contributed by atoms with E-state index < -0.39 is 23.5 Å². The van der Waals surface area contributed by atoms with Crippen LogP contribution in [0.1, 0.15) is 0 Å². The van der Waals surface area contributed by atoms with Gasteiger partial charge in [0.2, 0.25) is 0 Å². The fourth-order valence-electron chi connectivity index (χ4n) is 1.70. The number of amidine groups is 1. The van der Waals surface area contributed by atoms with Crippen LogP contribution in [0.2, 0.25) is 0 Å². The average molecular weight is 234 g/mol. The zero-order chi connectivity index (χ0) is 11.0. The highest BCUT2D eigenvalue weighted by atomic mass is 32.2. The second-order valence-corrected chi connectivity index (χ2v) is 4.84. The standard InChI is InChI=1S/C8H14N2O4S/c1-9-8-10-4-6(13)5(12)3(2-11)15-7(4)14-8/h3-7,11-13H,2H2,1H3,(H,9,10)/t3-,4-,5-,6-,7+/m1/s1. The summed E-state index contributed by atoms with van der Waals surface area (Å²) in [6.45, 7) is -0.190. The van der Waals surface area contributed by atoms with Crippen LogP contribution in [-0.4, -0.2) is 63.9 Å². The van der Waals surface area contributed by atoms with Crippen LogP contribution in [0.25, 0.3) is 0 Å². The van der Waals surface area contributed by atoms with Crippen LogP contribution in [0.5, 0.6) is 0 Å². The van der Waals surface area contributed by atoms with Crippen LogP contribution in [-0.2, 0) is 4.74 Å². The van der Waals surface area contributed by atoms with Gasteiger partial charge in [-0.05, 0) is 0 Å². The van der Waals surface area contributed by atoms with Gasteiger partial charge in [-0.3, -0.25) is 0 Å². The van der Waals surface area contributed by atoms with Crippen molar-refractivity contribution in [2.24, 2.45) is 4.99 Å². The Labute approximate surface area is 91.3 Å². The summed E-state index contributed by atoms with van der Waals surface area (Å²) in [6.07, 6.45) is -1.95. The Morgan fingerprint density at radius 2 is 2.20 bits per heavy atom. The zero-order valence-electron chi connectivity index (χ0n) is 8.20. The van der Waals surface area contributed by atoms with E-state index in [1.165, 1.54) is 11.8 Å². The molecule has 5 atom stereocenters. The van der Waals surface area contributed by atoms with Crippen molar-refractivity contribution in [2.45, 2.75) is 28.9 Å². The molecule has 6 nitrogen and oxygen atoms in total. The average Bonchev–Trinajstić information content (AvgIpc) is 2.66. The second-order valence-electron chi connectivity index (χ2n) is 3.50. The fourth-order valence-corrected chi connectivity index (χ4v) is 2.98. The van der Waals surface area contributed by atoms with Crippen LogP contribution in [0.3, 0.4) is 0 Å². The predicted molar refractivity (Wildman–Crippen MR) is 55.6 cm³/mol. The molecule has 0 bridgehead atoms. The first-order valence-electron chi connectivity index (χ1n) is 4.72. The SMILES string of the molecule is CNC1=N[C@@H]2[C@@H](O)[C@H](O)[C@@H](CO)S[C@@H]2O1. The quantitative estimate of drug-likeness (QED) is 0.424. The molecule has 2 aliphatic rings.